The van der Waals surface area contributed by atoms with Gasteiger partial charge in [-0.15, -0.1) is 0 Å². The predicted molar refractivity (Wildman–Crippen MR) is 99.3 cm³/mol. The van der Waals surface area contributed by atoms with Crippen LogP contribution in [0, 0.1) is 5.82 Å². The molecule has 0 spiro atoms. The molecule has 0 saturated heterocycles. The number of hydrogen-bond donors (Lipinski definition) is 2. The number of hydrogen-bond acceptors (Lipinski definition) is 4. The molecule has 27 heavy (non-hydrogen) atoms. The Balaban J connectivity index is 2.20. The van der Waals surface area contributed by atoms with Crippen molar-refractivity contribution in [2.75, 3.05) is 6.54 Å². The number of amides is 1. The van der Waals surface area contributed by atoms with Gasteiger partial charge in [-0.2, -0.15) is 0 Å². The Morgan fingerprint density at radius 2 is 1.85 bits per heavy atom. The Bertz CT molecular complexity index is 1130. The molecule has 3 rings (SSSR count). The molecular weight excluding hydrogens is 351 g/mol. The van der Waals surface area contributed by atoms with Crippen molar-refractivity contribution in [3.63, 3.8) is 0 Å². The molecule has 0 aliphatic carbocycles. The van der Waals surface area contributed by atoms with Crippen molar-refractivity contribution < 1.29 is 19.1 Å². The van der Waals surface area contributed by atoms with Crippen molar-refractivity contribution in [3.8, 4) is 16.9 Å². The summed E-state index contributed by atoms with van der Waals surface area (Å²) in [6.07, 6.45) is 0. The number of aromatic nitrogens is 1. The van der Waals surface area contributed by atoms with E-state index in [1.807, 2.05) is 0 Å². The molecule has 0 saturated carbocycles. The highest BCUT2D eigenvalue weighted by Gasteiger charge is 2.21. The molecule has 0 bridgehead atoms. The molecule has 3 aromatic rings. The third-order valence-corrected chi connectivity index (χ3v) is 4.25. The lowest BCUT2D eigenvalue weighted by Gasteiger charge is -2.13. The summed E-state index contributed by atoms with van der Waals surface area (Å²) in [7, 11) is 1.48. The lowest BCUT2D eigenvalue weighted by molar-refractivity contribution is -0.116. The number of rotatable bonds is 4. The molecule has 2 N–H and O–H groups in total. The van der Waals surface area contributed by atoms with Gasteiger partial charge in [-0.25, -0.2) is 4.39 Å². The van der Waals surface area contributed by atoms with Crippen LogP contribution in [0.2, 0.25) is 0 Å². The average Bonchev–Trinajstić information content (AvgIpc) is 2.64. The first kappa shape index (κ1) is 18.3. The fraction of sp³-hybridized carbons (Fsp3) is 0.150. The van der Waals surface area contributed by atoms with Gasteiger partial charge in [-0.05, 0) is 42.3 Å². The predicted octanol–water partition coefficient (Wildman–Crippen LogP) is 2.37. The van der Waals surface area contributed by atoms with Crippen LogP contribution in [0.3, 0.4) is 0 Å². The van der Waals surface area contributed by atoms with Gasteiger partial charge in [0.25, 0.3) is 11.5 Å². The molecular formula is C20H17FN2O4. The van der Waals surface area contributed by atoms with Gasteiger partial charge in [0.15, 0.2) is 0 Å². The molecule has 6 nitrogen and oxygen atoms in total. The number of nitrogens with one attached hydrogen (secondary N) is 1. The van der Waals surface area contributed by atoms with E-state index in [9.17, 15) is 23.9 Å². The highest BCUT2D eigenvalue weighted by Crippen LogP contribution is 2.31. The highest BCUT2D eigenvalue weighted by molar-refractivity contribution is 6.04. The van der Waals surface area contributed by atoms with Crippen LogP contribution >= 0.6 is 0 Å². The summed E-state index contributed by atoms with van der Waals surface area (Å²) in [5.74, 6) is -2.00. The molecule has 2 aromatic carbocycles. The second kappa shape index (κ2) is 7.03. The maximum absolute atomic E-state index is 13.5. The summed E-state index contributed by atoms with van der Waals surface area (Å²) in [5, 5.41) is 13.2. The number of aryl methyl sites for hydroxylation is 1. The molecule has 1 amide bonds. The van der Waals surface area contributed by atoms with Crippen LogP contribution in [0.1, 0.15) is 17.3 Å². The maximum Gasteiger partial charge on any atom is 0.267 e. The molecule has 0 atom stereocenters. The van der Waals surface area contributed by atoms with Crippen molar-refractivity contribution in [2.24, 2.45) is 7.05 Å². The highest BCUT2D eigenvalue weighted by atomic mass is 19.1. The van der Waals surface area contributed by atoms with Crippen LogP contribution < -0.4 is 10.9 Å². The smallest absolute Gasteiger partial charge is 0.267 e. The minimum atomic E-state index is -0.832. The first-order chi connectivity index (χ1) is 12.8. The fourth-order valence-corrected chi connectivity index (χ4v) is 2.88. The van der Waals surface area contributed by atoms with Gasteiger partial charge in [0.05, 0.1) is 12.1 Å². The zero-order valence-corrected chi connectivity index (χ0v) is 14.7. The number of carbonyl (C=O) groups is 2. The number of carbonyl (C=O) groups excluding carboxylic acids is 2. The van der Waals surface area contributed by atoms with Gasteiger partial charge in [-0.3, -0.25) is 14.4 Å². The number of pyridine rings is 1. The van der Waals surface area contributed by atoms with E-state index in [4.69, 9.17) is 0 Å². The topological polar surface area (TPSA) is 88.4 Å². The van der Waals surface area contributed by atoms with Gasteiger partial charge in [-0.1, -0.05) is 18.2 Å². The van der Waals surface area contributed by atoms with Gasteiger partial charge in [0, 0.05) is 12.4 Å². The van der Waals surface area contributed by atoms with Gasteiger partial charge < -0.3 is 15.0 Å². The van der Waals surface area contributed by atoms with E-state index in [1.165, 1.54) is 30.7 Å². The number of aromatic hydroxyl groups is 1. The molecule has 0 unspecified atom stereocenters. The van der Waals surface area contributed by atoms with Crippen LogP contribution in [-0.2, 0) is 11.8 Å². The second-order valence-corrected chi connectivity index (χ2v) is 6.21. The number of halogens is 1. The van der Waals surface area contributed by atoms with E-state index >= 15 is 0 Å². The number of fused-ring (bicyclic) bond motifs is 1. The molecule has 0 aliphatic rings. The third kappa shape index (κ3) is 3.44. The molecule has 0 aliphatic heterocycles. The lowest BCUT2D eigenvalue weighted by Crippen LogP contribution is -2.34. The molecule has 1 heterocycles. The van der Waals surface area contributed by atoms with Crippen molar-refractivity contribution in [1.29, 1.82) is 0 Å². The van der Waals surface area contributed by atoms with Crippen LogP contribution in [0.25, 0.3) is 22.0 Å². The summed E-state index contributed by atoms with van der Waals surface area (Å²) >= 11 is 0. The molecule has 7 heteroatoms. The minimum absolute atomic E-state index is 0.247. The lowest BCUT2D eigenvalue weighted by atomic mass is 10.0. The zero-order chi connectivity index (χ0) is 19.7. The van der Waals surface area contributed by atoms with Crippen LogP contribution in [0.15, 0.2) is 47.3 Å². The van der Waals surface area contributed by atoms with Crippen molar-refractivity contribution in [2.45, 2.75) is 6.92 Å². The maximum atomic E-state index is 13.5. The average molecular weight is 368 g/mol. The number of benzene rings is 2. The van der Waals surface area contributed by atoms with E-state index in [1.54, 1.807) is 30.3 Å². The van der Waals surface area contributed by atoms with Gasteiger partial charge in [0.2, 0.25) is 0 Å². The van der Waals surface area contributed by atoms with E-state index in [0.717, 1.165) is 0 Å². The van der Waals surface area contributed by atoms with Crippen LogP contribution in [-0.4, -0.2) is 27.9 Å². The summed E-state index contributed by atoms with van der Waals surface area (Å²) in [5.41, 5.74) is 0.502. The largest absolute Gasteiger partial charge is 0.506 e. The van der Waals surface area contributed by atoms with Gasteiger partial charge in [0.1, 0.15) is 22.9 Å². The van der Waals surface area contributed by atoms with Crippen LogP contribution in [0.4, 0.5) is 4.39 Å². The van der Waals surface area contributed by atoms with E-state index in [2.05, 4.69) is 5.32 Å². The van der Waals surface area contributed by atoms with E-state index in [0.29, 0.717) is 16.6 Å². The Labute approximate surface area is 153 Å². The minimum Gasteiger partial charge on any atom is -0.506 e. The number of ketones is 1. The van der Waals surface area contributed by atoms with Crippen molar-refractivity contribution in [3.05, 3.63) is 64.2 Å². The third-order valence-electron chi connectivity index (χ3n) is 4.25. The Morgan fingerprint density at radius 3 is 2.52 bits per heavy atom. The zero-order valence-electron chi connectivity index (χ0n) is 14.7. The Kier molecular flexibility index (Phi) is 4.77. The van der Waals surface area contributed by atoms with E-state index in [-0.39, 0.29) is 17.7 Å². The quantitative estimate of drug-likeness (QED) is 0.740. The summed E-state index contributed by atoms with van der Waals surface area (Å²) in [6.45, 7) is 1.05. The van der Waals surface area contributed by atoms with Gasteiger partial charge >= 0.3 is 0 Å². The molecule has 1 aromatic heterocycles. The van der Waals surface area contributed by atoms with Crippen molar-refractivity contribution >= 4 is 22.6 Å². The first-order valence-corrected chi connectivity index (χ1v) is 8.19. The second-order valence-electron chi connectivity index (χ2n) is 6.21. The molecule has 0 radical (unpaired) electrons. The SMILES string of the molecule is CC(=O)CNC(=O)c1c(O)c2cc(-c3cccc(F)c3)ccc2n(C)c1=O. The summed E-state index contributed by atoms with van der Waals surface area (Å²) in [6, 6.07) is 10.9. The number of nitrogens with zero attached hydrogens (tertiary/aromatic N) is 1. The summed E-state index contributed by atoms with van der Waals surface area (Å²) < 4.78 is 14.8. The summed E-state index contributed by atoms with van der Waals surface area (Å²) in [4.78, 5) is 35.9. The standard InChI is InChI=1S/C20H17FN2O4/c1-11(24)10-22-19(26)17-18(25)15-9-13(12-4-3-5-14(21)8-12)6-7-16(15)23(2)20(17)27/h3-9,25H,10H2,1-2H3,(H,22,26). The van der Waals surface area contributed by atoms with Crippen molar-refractivity contribution in [1.82, 2.24) is 9.88 Å². The van der Waals surface area contributed by atoms with Crippen LogP contribution in [0.5, 0.6) is 5.75 Å². The molecule has 138 valence electrons. The number of Topliss-reactive ketones (excluding diaryl/α,β-unsaturated/α-hetero) is 1. The Hall–Kier alpha value is -3.48. The first-order valence-electron chi connectivity index (χ1n) is 8.19. The fourth-order valence-electron chi connectivity index (χ4n) is 2.88. The monoisotopic (exact) mass is 368 g/mol. The Morgan fingerprint density at radius 1 is 1.15 bits per heavy atom. The normalized spacial score (nSPS) is 10.8. The van der Waals surface area contributed by atoms with E-state index < -0.39 is 28.6 Å². The molecule has 0 fully saturated rings.